The molecule has 1 aliphatic rings. The summed E-state index contributed by atoms with van der Waals surface area (Å²) in [6, 6.07) is 22.6. The summed E-state index contributed by atoms with van der Waals surface area (Å²) in [5, 5.41) is 0. The molecule has 2 aromatic rings. The molecule has 1 saturated carbocycles. The van der Waals surface area contributed by atoms with Crippen LogP contribution < -0.4 is 0 Å². The van der Waals surface area contributed by atoms with Gasteiger partial charge in [-0.05, 0) is 24.0 Å². The van der Waals surface area contributed by atoms with Crippen LogP contribution in [0.25, 0.3) is 0 Å². The van der Waals surface area contributed by atoms with Crippen molar-refractivity contribution in [2.75, 3.05) is 0 Å². The minimum atomic E-state index is 0.739. The second-order valence-electron chi connectivity index (χ2n) is 6.52. The van der Waals surface area contributed by atoms with Crippen LogP contribution in [0.5, 0.6) is 0 Å². The van der Waals surface area contributed by atoms with Gasteiger partial charge in [0, 0.05) is 19.1 Å². The Balaban J connectivity index is 1.74. The zero-order valence-corrected chi connectivity index (χ0v) is 13.5. The van der Waals surface area contributed by atoms with Gasteiger partial charge in [0.05, 0.1) is 0 Å². The molecule has 1 fully saturated rings. The summed E-state index contributed by atoms with van der Waals surface area (Å²) in [7, 11) is 0. The maximum Gasteiger partial charge on any atom is 0.0240 e. The molecule has 1 nitrogen and oxygen atoms in total. The van der Waals surface area contributed by atoms with Crippen molar-refractivity contribution in [2.24, 2.45) is 0 Å². The first-order chi connectivity index (χ1) is 10.9. The number of hydrogen-bond acceptors (Lipinski definition) is 1. The zero-order chi connectivity index (χ0) is 15.0. The molecule has 22 heavy (non-hydrogen) atoms. The Bertz CT molecular complexity index is 485. The zero-order valence-electron chi connectivity index (χ0n) is 13.5. The van der Waals surface area contributed by atoms with E-state index in [-0.39, 0.29) is 0 Å². The van der Waals surface area contributed by atoms with E-state index < -0.39 is 0 Å². The van der Waals surface area contributed by atoms with Crippen LogP contribution in [-0.4, -0.2) is 10.9 Å². The van der Waals surface area contributed by atoms with Crippen molar-refractivity contribution in [2.45, 2.75) is 57.7 Å². The SMILES string of the molecule is c1ccc(CN(Cc2ccccc2)C2CCCCCC2)cc1. The summed E-state index contributed by atoms with van der Waals surface area (Å²) in [5.41, 5.74) is 2.87. The number of benzene rings is 2. The van der Waals surface area contributed by atoms with Crippen LogP contribution in [0, 0.1) is 0 Å². The van der Waals surface area contributed by atoms with Gasteiger partial charge < -0.3 is 0 Å². The normalized spacial score (nSPS) is 16.6. The molecular formula is C21H27N. The average Bonchev–Trinajstić information content (AvgIpc) is 2.85. The summed E-state index contributed by atoms with van der Waals surface area (Å²) in [6.07, 6.45) is 8.34. The lowest BCUT2D eigenvalue weighted by Gasteiger charge is -2.31. The van der Waals surface area contributed by atoms with E-state index in [0.717, 1.165) is 19.1 Å². The topological polar surface area (TPSA) is 3.24 Å². The molecule has 0 atom stereocenters. The first-order valence-electron chi connectivity index (χ1n) is 8.74. The van der Waals surface area contributed by atoms with Crippen molar-refractivity contribution in [1.29, 1.82) is 0 Å². The highest BCUT2D eigenvalue weighted by Crippen LogP contribution is 2.25. The fourth-order valence-electron chi connectivity index (χ4n) is 3.57. The Hall–Kier alpha value is -1.60. The fourth-order valence-corrected chi connectivity index (χ4v) is 3.57. The minimum absolute atomic E-state index is 0.739. The molecule has 0 N–H and O–H groups in total. The number of nitrogens with zero attached hydrogens (tertiary/aromatic N) is 1. The van der Waals surface area contributed by atoms with Crippen LogP contribution in [0.15, 0.2) is 60.7 Å². The minimum Gasteiger partial charge on any atom is -0.292 e. The van der Waals surface area contributed by atoms with Crippen LogP contribution in [0.1, 0.15) is 49.7 Å². The van der Waals surface area contributed by atoms with Crippen LogP contribution in [-0.2, 0) is 13.1 Å². The van der Waals surface area contributed by atoms with Crippen molar-refractivity contribution in [3.8, 4) is 0 Å². The van der Waals surface area contributed by atoms with Crippen LogP contribution >= 0.6 is 0 Å². The predicted molar refractivity (Wildman–Crippen MR) is 93.6 cm³/mol. The van der Waals surface area contributed by atoms with E-state index in [1.54, 1.807) is 0 Å². The average molecular weight is 293 g/mol. The monoisotopic (exact) mass is 293 g/mol. The van der Waals surface area contributed by atoms with Crippen molar-refractivity contribution in [3.05, 3.63) is 71.8 Å². The highest BCUT2D eigenvalue weighted by atomic mass is 15.1. The fraction of sp³-hybridized carbons (Fsp3) is 0.429. The van der Waals surface area contributed by atoms with Crippen molar-refractivity contribution in [3.63, 3.8) is 0 Å². The van der Waals surface area contributed by atoms with Crippen LogP contribution in [0.2, 0.25) is 0 Å². The molecule has 1 aliphatic carbocycles. The van der Waals surface area contributed by atoms with E-state index in [4.69, 9.17) is 0 Å². The first-order valence-corrected chi connectivity index (χ1v) is 8.74. The quantitative estimate of drug-likeness (QED) is 0.666. The van der Waals surface area contributed by atoms with E-state index in [0.29, 0.717) is 0 Å². The largest absolute Gasteiger partial charge is 0.292 e. The molecule has 0 aromatic heterocycles. The molecule has 116 valence electrons. The molecular weight excluding hydrogens is 266 g/mol. The molecule has 0 spiro atoms. The van der Waals surface area contributed by atoms with Gasteiger partial charge >= 0.3 is 0 Å². The van der Waals surface area contributed by atoms with E-state index in [1.165, 1.54) is 49.7 Å². The first kappa shape index (κ1) is 15.3. The number of rotatable bonds is 5. The third kappa shape index (κ3) is 4.45. The summed E-state index contributed by atoms with van der Waals surface area (Å²) >= 11 is 0. The molecule has 0 aliphatic heterocycles. The summed E-state index contributed by atoms with van der Waals surface area (Å²) in [4.78, 5) is 2.70. The third-order valence-corrected chi connectivity index (χ3v) is 4.80. The van der Waals surface area contributed by atoms with Gasteiger partial charge in [0.1, 0.15) is 0 Å². The predicted octanol–water partition coefficient (Wildman–Crippen LogP) is 5.41. The Kier molecular flexibility index (Phi) is 5.66. The lowest BCUT2D eigenvalue weighted by Crippen LogP contribution is -2.34. The van der Waals surface area contributed by atoms with Gasteiger partial charge in [0.25, 0.3) is 0 Å². The molecule has 3 rings (SSSR count). The molecule has 1 heteroatoms. The van der Waals surface area contributed by atoms with E-state index in [2.05, 4.69) is 65.6 Å². The van der Waals surface area contributed by atoms with E-state index in [9.17, 15) is 0 Å². The second kappa shape index (κ2) is 8.14. The third-order valence-electron chi connectivity index (χ3n) is 4.80. The van der Waals surface area contributed by atoms with E-state index in [1.807, 2.05) is 0 Å². The summed E-state index contributed by atoms with van der Waals surface area (Å²) < 4.78 is 0. The van der Waals surface area contributed by atoms with Gasteiger partial charge in [-0.25, -0.2) is 0 Å². The lowest BCUT2D eigenvalue weighted by molar-refractivity contribution is 0.161. The van der Waals surface area contributed by atoms with E-state index >= 15 is 0 Å². The summed E-state index contributed by atoms with van der Waals surface area (Å²) in [5.74, 6) is 0. The maximum absolute atomic E-state index is 2.70. The Morgan fingerprint density at radius 1 is 0.636 bits per heavy atom. The highest BCUT2D eigenvalue weighted by Gasteiger charge is 2.20. The van der Waals surface area contributed by atoms with Gasteiger partial charge in [-0.1, -0.05) is 86.3 Å². The van der Waals surface area contributed by atoms with Gasteiger partial charge in [-0.3, -0.25) is 4.90 Å². The van der Waals surface area contributed by atoms with Gasteiger partial charge in [-0.15, -0.1) is 0 Å². The Labute approximate surface area is 135 Å². The van der Waals surface area contributed by atoms with Gasteiger partial charge in [0.15, 0.2) is 0 Å². The number of hydrogen-bond donors (Lipinski definition) is 0. The molecule has 0 bridgehead atoms. The van der Waals surface area contributed by atoms with Crippen LogP contribution in [0.4, 0.5) is 0 Å². The maximum atomic E-state index is 2.70. The molecule has 0 amide bonds. The van der Waals surface area contributed by atoms with Crippen molar-refractivity contribution < 1.29 is 0 Å². The summed E-state index contributed by atoms with van der Waals surface area (Å²) in [6.45, 7) is 2.14. The lowest BCUT2D eigenvalue weighted by atomic mass is 10.0. The van der Waals surface area contributed by atoms with Gasteiger partial charge in [-0.2, -0.15) is 0 Å². The van der Waals surface area contributed by atoms with Crippen LogP contribution in [0.3, 0.4) is 0 Å². The molecule has 2 aromatic carbocycles. The smallest absolute Gasteiger partial charge is 0.0240 e. The molecule has 0 heterocycles. The van der Waals surface area contributed by atoms with Gasteiger partial charge in [0.2, 0.25) is 0 Å². The Morgan fingerprint density at radius 3 is 1.55 bits per heavy atom. The molecule has 0 unspecified atom stereocenters. The Morgan fingerprint density at radius 2 is 1.09 bits per heavy atom. The molecule has 0 radical (unpaired) electrons. The molecule has 0 saturated heterocycles. The van der Waals surface area contributed by atoms with Crippen molar-refractivity contribution in [1.82, 2.24) is 4.90 Å². The standard InChI is InChI=1S/C21H27N/c1-2-10-16-21(15-9-1)22(17-19-11-5-3-6-12-19)18-20-13-7-4-8-14-20/h3-8,11-14,21H,1-2,9-10,15-18H2. The second-order valence-corrected chi connectivity index (χ2v) is 6.52. The highest BCUT2D eigenvalue weighted by molar-refractivity contribution is 5.17. The van der Waals surface area contributed by atoms with Crippen molar-refractivity contribution >= 4 is 0 Å².